The van der Waals surface area contributed by atoms with E-state index < -0.39 is 0 Å². The summed E-state index contributed by atoms with van der Waals surface area (Å²) in [6.07, 6.45) is 1.85. The quantitative estimate of drug-likeness (QED) is 0.878. The van der Waals surface area contributed by atoms with Crippen LogP contribution in [0, 0.1) is 11.8 Å². The third-order valence-electron chi connectivity index (χ3n) is 3.91. The minimum Gasteiger partial charge on any atom is -0.337 e. The highest BCUT2D eigenvalue weighted by Gasteiger charge is 2.39. The maximum Gasteiger partial charge on any atom is 0.267 e. The number of amides is 1. The molecule has 0 saturated carbocycles. The molecular formula is C12H18N4OS. The van der Waals surface area contributed by atoms with Crippen LogP contribution in [0.15, 0.2) is 0 Å². The minimum atomic E-state index is 0.142. The number of aromatic nitrogens is 2. The van der Waals surface area contributed by atoms with E-state index in [1.165, 1.54) is 11.5 Å². The van der Waals surface area contributed by atoms with Gasteiger partial charge in [-0.3, -0.25) is 4.79 Å². The van der Waals surface area contributed by atoms with Crippen molar-refractivity contribution in [3.05, 3.63) is 10.6 Å². The molecule has 3 rings (SSSR count). The summed E-state index contributed by atoms with van der Waals surface area (Å²) in [6.45, 7) is 5.98. The molecule has 0 aliphatic carbocycles. The maximum absolute atomic E-state index is 12.5. The van der Waals surface area contributed by atoms with Crippen LogP contribution < -0.4 is 5.32 Å². The third-order valence-corrected chi connectivity index (χ3v) is 4.67. The number of likely N-dealkylation sites (tertiary alicyclic amines) is 1. The lowest BCUT2D eigenvalue weighted by atomic mass is 10.0. The topological polar surface area (TPSA) is 58.1 Å². The van der Waals surface area contributed by atoms with Crippen LogP contribution in [0.4, 0.5) is 0 Å². The van der Waals surface area contributed by atoms with E-state index in [0.29, 0.717) is 11.8 Å². The summed E-state index contributed by atoms with van der Waals surface area (Å²) in [6, 6.07) is 0. The van der Waals surface area contributed by atoms with Crippen molar-refractivity contribution in [2.24, 2.45) is 11.8 Å². The van der Waals surface area contributed by atoms with Crippen LogP contribution in [0.5, 0.6) is 0 Å². The number of rotatable bonds is 3. The van der Waals surface area contributed by atoms with Crippen LogP contribution in [0.3, 0.4) is 0 Å². The Bertz CT molecular complexity index is 435. The van der Waals surface area contributed by atoms with E-state index in [9.17, 15) is 4.79 Å². The van der Waals surface area contributed by atoms with E-state index in [4.69, 9.17) is 0 Å². The number of carbonyl (C=O) groups excluding carboxylic acids is 1. The Morgan fingerprint density at radius 3 is 2.83 bits per heavy atom. The molecule has 98 valence electrons. The molecule has 2 fully saturated rings. The highest BCUT2D eigenvalue weighted by molar-refractivity contribution is 7.08. The van der Waals surface area contributed by atoms with Gasteiger partial charge >= 0.3 is 0 Å². The Morgan fingerprint density at radius 1 is 1.44 bits per heavy atom. The van der Waals surface area contributed by atoms with Gasteiger partial charge in [0.15, 0.2) is 0 Å². The van der Waals surface area contributed by atoms with Crippen molar-refractivity contribution >= 4 is 17.4 Å². The summed E-state index contributed by atoms with van der Waals surface area (Å²) in [5, 5.41) is 7.47. The van der Waals surface area contributed by atoms with Crippen molar-refractivity contribution in [1.82, 2.24) is 19.8 Å². The molecule has 18 heavy (non-hydrogen) atoms. The molecule has 0 bridgehead atoms. The summed E-state index contributed by atoms with van der Waals surface area (Å²) in [5.41, 5.74) is 0.877. The first-order valence-electron chi connectivity index (χ1n) is 6.60. The first-order chi connectivity index (χ1) is 8.79. The maximum atomic E-state index is 12.5. The van der Waals surface area contributed by atoms with Crippen molar-refractivity contribution in [3.8, 4) is 0 Å². The molecule has 2 saturated heterocycles. The van der Waals surface area contributed by atoms with Gasteiger partial charge in [-0.1, -0.05) is 17.8 Å². The number of hydrogen-bond donors (Lipinski definition) is 1. The monoisotopic (exact) mass is 266 g/mol. The van der Waals surface area contributed by atoms with Gasteiger partial charge in [0, 0.05) is 26.2 Å². The largest absolute Gasteiger partial charge is 0.337 e. The van der Waals surface area contributed by atoms with Crippen molar-refractivity contribution in [2.75, 3.05) is 26.2 Å². The normalized spacial score (nSPS) is 26.6. The molecule has 1 aromatic heterocycles. The summed E-state index contributed by atoms with van der Waals surface area (Å²) in [5.74, 6) is 1.43. The fourth-order valence-electron chi connectivity index (χ4n) is 2.94. The van der Waals surface area contributed by atoms with Crippen LogP contribution in [-0.4, -0.2) is 46.6 Å². The van der Waals surface area contributed by atoms with E-state index in [0.717, 1.165) is 49.6 Å². The first-order valence-corrected chi connectivity index (χ1v) is 7.38. The molecule has 0 aromatic carbocycles. The van der Waals surface area contributed by atoms with E-state index in [1.54, 1.807) is 0 Å². The lowest BCUT2D eigenvalue weighted by molar-refractivity contribution is 0.0785. The van der Waals surface area contributed by atoms with Crippen molar-refractivity contribution in [1.29, 1.82) is 0 Å². The third kappa shape index (κ3) is 2.03. The summed E-state index contributed by atoms with van der Waals surface area (Å²) in [7, 11) is 0. The molecule has 2 aliphatic rings. The fourth-order valence-corrected chi connectivity index (χ4v) is 3.61. The van der Waals surface area contributed by atoms with Gasteiger partial charge in [-0.2, -0.15) is 0 Å². The van der Waals surface area contributed by atoms with Crippen LogP contribution >= 0.6 is 11.5 Å². The zero-order valence-corrected chi connectivity index (χ0v) is 11.4. The lowest BCUT2D eigenvalue weighted by Crippen LogP contribution is -2.31. The smallest absolute Gasteiger partial charge is 0.267 e. The molecule has 6 heteroatoms. The van der Waals surface area contributed by atoms with Crippen LogP contribution in [-0.2, 0) is 6.42 Å². The van der Waals surface area contributed by atoms with Gasteiger partial charge in [0.1, 0.15) is 4.88 Å². The predicted octanol–water partition coefficient (Wildman–Crippen LogP) is 0.782. The summed E-state index contributed by atoms with van der Waals surface area (Å²) < 4.78 is 3.94. The number of hydrogen-bond acceptors (Lipinski definition) is 5. The van der Waals surface area contributed by atoms with E-state index in [-0.39, 0.29) is 5.91 Å². The predicted molar refractivity (Wildman–Crippen MR) is 69.7 cm³/mol. The standard InChI is InChI=1S/C12H18N4OS/c1-2-3-10-11(18-15-14-10)12(17)16-6-8-4-13-5-9(8)7-16/h8-9,13H,2-7H2,1H3. The zero-order valence-electron chi connectivity index (χ0n) is 10.6. The molecule has 1 N–H and O–H groups in total. The van der Waals surface area contributed by atoms with Gasteiger partial charge in [0.2, 0.25) is 0 Å². The van der Waals surface area contributed by atoms with Gasteiger partial charge in [-0.25, -0.2) is 0 Å². The second-order valence-corrected chi connectivity index (χ2v) is 5.94. The molecule has 0 spiro atoms. The van der Waals surface area contributed by atoms with Gasteiger partial charge in [-0.05, 0) is 29.8 Å². The van der Waals surface area contributed by atoms with Crippen molar-refractivity contribution in [3.63, 3.8) is 0 Å². The Kier molecular flexibility index (Phi) is 3.30. The zero-order chi connectivity index (χ0) is 12.5. The second kappa shape index (κ2) is 4.93. The number of nitrogens with zero attached hydrogens (tertiary/aromatic N) is 3. The highest BCUT2D eigenvalue weighted by atomic mass is 32.1. The molecule has 1 aromatic rings. The Hall–Kier alpha value is -1.01. The Labute approximate surface area is 111 Å². The van der Waals surface area contributed by atoms with Gasteiger partial charge in [-0.15, -0.1) is 5.10 Å². The molecule has 1 amide bonds. The Balaban J connectivity index is 1.73. The first kappa shape index (κ1) is 12.0. The number of carbonyl (C=O) groups is 1. The number of fused-ring (bicyclic) bond motifs is 1. The molecule has 5 nitrogen and oxygen atoms in total. The second-order valence-electron chi connectivity index (χ2n) is 5.19. The molecule has 3 heterocycles. The molecule has 0 radical (unpaired) electrons. The fraction of sp³-hybridized carbons (Fsp3) is 0.750. The Morgan fingerprint density at radius 2 is 2.17 bits per heavy atom. The van der Waals surface area contributed by atoms with Crippen molar-refractivity contribution < 1.29 is 4.79 Å². The van der Waals surface area contributed by atoms with E-state index in [1.807, 2.05) is 4.90 Å². The molecule has 2 unspecified atom stereocenters. The van der Waals surface area contributed by atoms with Crippen LogP contribution in [0.25, 0.3) is 0 Å². The molecule has 2 atom stereocenters. The average Bonchev–Trinajstić information content (AvgIpc) is 3.02. The minimum absolute atomic E-state index is 0.142. The van der Waals surface area contributed by atoms with Crippen LogP contribution in [0.2, 0.25) is 0 Å². The summed E-state index contributed by atoms with van der Waals surface area (Å²) >= 11 is 1.24. The molecule has 2 aliphatic heterocycles. The van der Waals surface area contributed by atoms with E-state index in [2.05, 4.69) is 21.8 Å². The lowest BCUT2D eigenvalue weighted by Gasteiger charge is -2.16. The number of aryl methyl sites for hydroxylation is 1. The molecular weight excluding hydrogens is 248 g/mol. The summed E-state index contributed by atoms with van der Waals surface area (Å²) in [4.78, 5) is 15.2. The SMILES string of the molecule is CCCc1nnsc1C(=O)N1CC2CNCC2C1. The van der Waals surface area contributed by atoms with Gasteiger partial charge < -0.3 is 10.2 Å². The van der Waals surface area contributed by atoms with E-state index >= 15 is 0 Å². The average molecular weight is 266 g/mol. The van der Waals surface area contributed by atoms with Gasteiger partial charge in [0.25, 0.3) is 5.91 Å². The highest BCUT2D eigenvalue weighted by Crippen LogP contribution is 2.28. The van der Waals surface area contributed by atoms with Gasteiger partial charge in [0.05, 0.1) is 5.69 Å². The van der Waals surface area contributed by atoms with Crippen LogP contribution in [0.1, 0.15) is 28.7 Å². The number of nitrogens with one attached hydrogen (secondary N) is 1. The van der Waals surface area contributed by atoms with Crippen molar-refractivity contribution in [2.45, 2.75) is 19.8 Å².